The Bertz CT molecular complexity index is 618. The van der Waals surface area contributed by atoms with Crippen LogP contribution in [0.2, 0.25) is 0 Å². The number of imidazole rings is 1. The molecule has 0 aliphatic heterocycles. The van der Waals surface area contributed by atoms with Crippen molar-refractivity contribution in [2.24, 2.45) is 0 Å². The zero-order chi connectivity index (χ0) is 14.1. The first-order chi connectivity index (χ1) is 9.63. The minimum atomic E-state index is -0.435. The van der Waals surface area contributed by atoms with E-state index in [4.69, 9.17) is 0 Å². The largest absolute Gasteiger partial charge is 0.342 e. The van der Waals surface area contributed by atoms with E-state index in [0.717, 1.165) is 18.8 Å². The lowest BCUT2D eigenvalue weighted by molar-refractivity contribution is 0.595. The van der Waals surface area contributed by atoms with E-state index in [2.05, 4.69) is 15.3 Å². The van der Waals surface area contributed by atoms with E-state index in [9.17, 15) is 8.78 Å². The number of H-pyrrole nitrogens is 1. The summed E-state index contributed by atoms with van der Waals surface area (Å²) in [5, 5.41) is 3.39. The summed E-state index contributed by atoms with van der Waals surface area (Å²) in [7, 11) is 0. The Hall–Kier alpha value is -1.75. The molecule has 1 heterocycles. The van der Waals surface area contributed by atoms with Crippen molar-refractivity contribution in [3.63, 3.8) is 0 Å². The Morgan fingerprint density at radius 3 is 2.85 bits per heavy atom. The zero-order valence-corrected chi connectivity index (χ0v) is 11.3. The van der Waals surface area contributed by atoms with Crippen LogP contribution in [0.15, 0.2) is 18.3 Å². The highest BCUT2D eigenvalue weighted by atomic mass is 19.1. The standard InChI is InChI=1S/C15H17F2N3/c1-9-6-13(17)11(7-12(9)16)14-8-19-15(20-14)4-5-18-10-2-3-10/h6-8,10,18H,2-5H2,1H3,(H,19,20). The van der Waals surface area contributed by atoms with Crippen molar-refractivity contribution in [2.75, 3.05) is 6.54 Å². The molecule has 0 saturated heterocycles. The van der Waals surface area contributed by atoms with Gasteiger partial charge in [0.15, 0.2) is 0 Å². The van der Waals surface area contributed by atoms with E-state index in [1.54, 1.807) is 13.1 Å². The third-order valence-corrected chi connectivity index (χ3v) is 3.54. The number of halogens is 2. The van der Waals surface area contributed by atoms with E-state index in [-0.39, 0.29) is 5.56 Å². The second-order valence-corrected chi connectivity index (χ2v) is 5.30. The minimum Gasteiger partial charge on any atom is -0.342 e. The second-order valence-electron chi connectivity index (χ2n) is 5.30. The number of benzene rings is 1. The SMILES string of the molecule is Cc1cc(F)c(-c2cnc(CCNC3CC3)[nH]2)cc1F. The minimum absolute atomic E-state index is 0.224. The first kappa shape index (κ1) is 13.2. The van der Waals surface area contributed by atoms with Crippen molar-refractivity contribution in [3.8, 4) is 11.3 Å². The summed E-state index contributed by atoms with van der Waals surface area (Å²) in [6.45, 7) is 2.40. The Labute approximate surface area is 116 Å². The van der Waals surface area contributed by atoms with Gasteiger partial charge in [0, 0.05) is 24.6 Å². The van der Waals surface area contributed by atoms with Crippen molar-refractivity contribution in [3.05, 3.63) is 41.4 Å². The number of nitrogens with zero attached hydrogens (tertiary/aromatic N) is 1. The molecule has 0 bridgehead atoms. The molecule has 3 rings (SSSR count). The fourth-order valence-corrected chi connectivity index (χ4v) is 2.16. The number of hydrogen-bond acceptors (Lipinski definition) is 2. The van der Waals surface area contributed by atoms with Crippen LogP contribution in [0.5, 0.6) is 0 Å². The molecule has 1 saturated carbocycles. The van der Waals surface area contributed by atoms with E-state index in [1.165, 1.54) is 25.0 Å². The van der Waals surface area contributed by atoms with Crippen LogP contribution in [0.25, 0.3) is 11.3 Å². The van der Waals surface area contributed by atoms with Gasteiger partial charge in [-0.3, -0.25) is 0 Å². The average molecular weight is 277 g/mol. The summed E-state index contributed by atoms with van der Waals surface area (Å²) in [5.41, 5.74) is 1.05. The monoisotopic (exact) mass is 277 g/mol. The zero-order valence-electron chi connectivity index (χ0n) is 11.3. The summed E-state index contributed by atoms with van der Waals surface area (Å²) < 4.78 is 27.4. The maximum Gasteiger partial charge on any atom is 0.133 e. The molecule has 5 heteroatoms. The molecule has 0 spiro atoms. The van der Waals surface area contributed by atoms with Crippen LogP contribution in [0.4, 0.5) is 8.78 Å². The molecule has 0 radical (unpaired) electrons. The Morgan fingerprint density at radius 2 is 2.10 bits per heavy atom. The van der Waals surface area contributed by atoms with E-state index in [1.807, 2.05) is 0 Å². The summed E-state index contributed by atoms with van der Waals surface area (Å²) in [6.07, 6.45) is 4.81. The topological polar surface area (TPSA) is 40.7 Å². The Balaban J connectivity index is 1.73. The van der Waals surface area contributed by atoms with Crippen LogP contribution in [-0.2, 0) is 6.42 Å². The predicted octanol–water partition coefficient (Wildman–Crippen LogP) is 2.96. The first-order valence-electron chi connectivity index (χ1n) is 6.87. The van der Waals surface area contributed by atoms with Gasteiger partial charge in [-0.15, -0.1) is 0 Å². The van der Waals surface area contributed by atoms with Gasteiger partial charge in [0.2, 0.25) is 0 Å². The van der Waals surface area contributed by atoms with Crippen LogP contribution in [0.3, 0.4) is 0 Å². The van der Waals surface area contributed by atoms with Gasteiger partial charge >= 0.3 is 0 Å². The molecule has 0 unspecified atom stereocenters. The summed E-state index contributed by atoms with van der Waals surface area (Å²) in [5.74, 6) is -0.0586. The number of aryl methyl sites for hydroxylation is 1. The highest BCUT2D eigenvalue weighted by molar-refractivity contribution is 5.60. The second kappa shape index (κ2) is 5.32. The number of hydrogen-bond donors (Lipinski definition) is 2. The fourth-order valence-electron chi connectivity index (χ4n) is 2.16. The molecule has 20 heavy (non-hydrogen) atoms. The number of aromatic nitrogens is 2. The van der Waals surface area contributed by atoms with Crippen molar-refractivity contribution >= 4 is 0 Å². The van der Waals surface area contributed by atoms with E-state index in [0.29, 0.717) is 17.3 Å². The lowest BCUT2D eigenvalue weighted by Crippen LogP contribution is -2.19. The molecule has 1 aliphatic rings. The van der Waals surface area contributed by atoms with Crippen LogP contribution in [0, 0.1) is 18.6 Å². The smallest absolute Gasteiger partial charge is 0.133 e. The quantitative estimate of drug-likeness (QED) is 0.882. The van der Waals surface area contributed by atoms with Crippen LogP contribution in [0.1, 0.15) is 24.2 Å². The molecule has 1 aromatic carbocycles. The average Bonchev–Trinajstić information content (AvgIpc) is 3.11. The molecular formula is C15H17F2N3. The molecule has 0 atom stereocenters. The number of aromatic amines is 1. The van der Waals surface area contributed by atoms with Crippen LogP contribution >= 0.6 is 0 Å². The predicted molar refractivity (Wildman–Crippen MR) is 73.4 cm³/mol. The lowest BCUT2D eigenvalue weighted by Gasteiger charge is -2.03. The van der Waals surface area contributed by atoms with Crippen molar-refractivity contribution in [1.82, 2.24) is 15.3 Å². The molecule has 2 aromatic rings. The summed E-state index contributed by atoms with van der Waals surface area (Å²) >= 11 is 0. The maximum atomic E-state index is 13.9. The maximum absolute atomic E-state index is 13.9. The number of rotatable bonds is 5. The van der Waals surface area contributed by atoms with Crippen LogP contribution in [-0.4, -0.2) is 22.6 Å². The van der Waals surface area contributed by atoms with Gasteiger partial charge in [-0.2, -0.15) is 0 Å². The molecule has 0 amide bonds. The van der Waals surface area contributed by atoms with Crippen molar-refractivity contribution in [2.45, 2.75) is 32.2 Å². The molecule has 1 aromatic heterocycles. The summed E-state index contributed by atoms with van der Waals surface area (Å²) in [4.78, 5) is 7.27. The van der Waals surface area contributed by atoms with Gasteiger partial charge in [-0.25, -0.2) is 13.8 Å². The van der Waals surface area contributed by atoms with Gasteiger partial charge in [0.1, 0.15) is 17.5 Å². The molecule has 3 nitrogen and oxygen atoms in total. The van der Waals surface area contributed by atoms with Gasteiger partial charge in [0.25, 0.3) is 0 Å². The number of nitrogens with one attached hydrogen (secondary N) is 2. The van der Waals surface area contributed by atoms with Gasteiger partial charge in [-0.1, -0.05) is 0 Å². The fraction of sp³-hybridized carbons (Fsp3) is 0.400. The van der Waals surface area contributed by atoms with Crippen LogP contribution < -0.4 is 5.32 Å². The Kier molecular flexibility index (Phi) is 3.53. The highest BCUT2D eigenvalue weighted by Gasteiger charge is 2.20. The van der Waals surface area contributed by atoms with Gasteiger partial charge < -0.3 is 10.3 Å². The molecule has 1 fully saturated rings. The lowest BCUT2D eigenvalue weighted by atomic mass is 10.1. The molecule has 1 aliphatic carbocycles. The molecule has 2 N–H and O–H groups in total. The third-order valence-electron chi connectivity index (χ3n) is 3.54. The molecular weight excluding hydrogens is 260 g/mol. The summed E-state index contributed by atoms with van der Waals surface area (Å²) in [6, 6.07) is 3.08. The molecule has 106 valence electrons. The third kappa shape index (κ3) is 2.88. The normalized spacial score (nSPS) is 14.8. The van der Waals surface area contributed by atoms with Crippen molar-refractivity contribution < 1.29 is 8.78 Å². The van der Waals surface area contributed by atoms with Gasteiger partial charge in [0.05, 0.1) is 11.9 Å². The van der Waals surface area contributed by atoms with Crippen molar-refractivity contribution in [1.29, 1.82) is 0 Å². The first-order valence-corrected chi connectivity index (χ1v) is 6.87. The van der Waals surface area contributed by atoms with E-state index < -0.39 is 11.6 Å². The Morgan fingerprint density at radius 1 is 1.30 bits per heavy atom. The van der Waals surface area contributed by atoms with Gasteiger partial charge in [-0.05, 0) is 37.5 Å². The van der Waals surface area contributed by atoms with E-state index >= 15 is 0 Å². The highest BCUT2D eigenvalue weighted by Crippen LogP contribution is 2.24.